The van der Waals surface area contributed by atoms with Crippen LogP contribution in [0, 0.1) is 5.82 Å². The summed E-state index contributed by atoms with van der Waals surface area (Å²) >= 11 is 1.42. The van der Waals surface area contributed by atoms with Crippen molar-refractivity contribution in [1.29, 1.82) is 0 Å². The van der Waals surface area contributed by atoms with E-state index in [0.717, 1.165) is 15.2 Å². The number of fused-ring (bicyclic) bond motifs is 1. The fraction of sp³-hybridized carbons (Fsp3) is 0.273. The quantitative estimate of drug-likeness (QED) is 0.892. The van der Waals surface area contributed by atoms with Crippen molar-refractivity contribution >= 4 is 27.5 Å². The van der Waals surface area contributed by atoms with Gasteiger partial charge in [0.15, 0.2) is 0 Å². The van der Waals surface area contributed by atoms with Crippen molar-refractivity contribution < 1.29 is 14.3 Å². The zero-order valence-corrected chi connectivity index (χ0v) is 9.26. The number of aromatic nitrogens is 1. The van der Waals surface area contributed by atoms with Crippen LogP contribution < -0.4 is 0 Å². The number of thiazole rings is 1. The Bertz CT molecular complexity index is 524. The molecule has 3 nitrogen and oxygen atoms in total. The molecular weight excluding hydrogens is 229 g/mol. The zero-order valence-electron chi connectivity index (χ0n) is 8.44. The summed E-state index contributed by atoms with van der Waals surface area (Å²) in [5.41, 5.74) is 0.775. The number of nitrogens with zero attached hydrogens (tertiary/aromatic N) is 1. The van der Waals surface area contributed by atoms with E-state index in [1.54, 1.807) is 6.07 Å². The molecule has 0 aliphatic heterocycles. The number of benzene rings is 1. The predicted molar refractivity (Wildman–Crippen MR) is 60.2 cm³/mol. The Morgan fingerprint density at radius 1 is 1.50 bits per heavy atom. The Balaban J connectivity index is 2.10. The summed E-state index contributed by atoms with van der Waals surface area (Å²) in [4.78, 5) is 14.6. The van der Waals surface area contributed by atoms with Gasteiger partial charge in [-0.05, 0) is 31.0 Å². The average Bonchev–Trinajstić information content (AvgIpc) is 2.58. The minimum atomic E-state index is -0.799. The summed E-state index contributed by atoms with van der Waals surface area (Å²) in [7, 11) is 0. The molecule has 0 fully saturated rings. The Kier molecular flexibility index (Phi) is 3.14. The number of halogens is 1. The van der Waals surface area contributed by atoms with Crippen LogP contribution in [0.3, 0.4) is 0 Å². The van der Waals surface area contributed by atoms with E-state index in [9.17, 15) is 9.18 Å². The summed E-state index contributed by atoms with van der Waals surface area (Å²) in [6.45, 7) is 0. The lowest BCUT2D eigenvalue weighted by Crippen LogP contribution is -1.95. The van der Waals surface area contributed by atoms with E-state index in [1.807, 2.05) is 0 Å². The van der Waals surface area contributed by atoms with Gasteiger partial charge in [-0.15, -0.1) is 11.3 Å². The molecule has 1 aromatic heterocycles. The molecule has 84 valence electrons. The van der Waals surface area contributed by atoms with E-state index in [4.69, 9.17) is 5.11 Å². The second kappa shape index (κ2) is 4.57. The number of carbonyl (C=O) groups is 1. The summed E-state index contributed by atoms with van der Waals surface area (Å²) in [5, 5.41) is 9.36. The summed E-state index contributed by atoms with van der Waals surface area (Å²) in [6, 6.07) is 4.47. The first kappa shape index (κ1) is 11.0. The van der Waals surface area contributed by atoms with Gasteiger partial charge < -0.3 is 5.11 Å². The Labute approximate surface area is 95.6 Å². The highest BCUT2D eigenvalue weighted by Crippen LogP contribution is 2.23. The maximum Gasteiger partial charge on any atom is 0.303 e. The van der Waals surface area contributed by atoms with Crippen LogP contribution in [0.5, 0.6) is 0 Å². The highest BCUT2D eigenvalue weighted by molar-refractivity contribution is 7.18. The minimum absolute atomic E-state index is 0.143. The molecule has 1 heterocycles. The molecule has 1 aromatic carbocycles. The fourth-order valence-electron chi connectivity index (χ4n) is 1.44. The molecule has 0 saturated carbocycles. The minimum Gasteiger partial charge on any atom is -0.481 e. The Hall–Kier alpha value is -1.49. The smallest absolute Gasteiger partial charge is 0.303 e. The zero-order chi connectivity index (χ0) is 11.5. The van der Waals surface area contributed by atoms with Crippen LogP contribution in [0.25, 0.3) is 10.2 Å². The molecular formula is C11H10FNO2S. The molecule has 0 bridgehead atoms. The Morgan fingerprint density at radius 2 is 2.31 bits per heavy atom. The number of rotatable bonds is 4. The number of hydrogen-bond acceptors (Lipinski definition) is 3. The van der Waals surface area contributed by atoms with E-state index in [2.05, 4.69) is 4.98 Å². The van der Waals surface area contributed by atoms with Gasteiger partial charge in [0, 0.05) is 6.42 Å². The van der Waals surface area contributed by atoms with E-state index in [-0.39, 0.29) is 12.2 Å². The van der Waals surface area contributed by atoms with E-state index in [0.29, 0.717) is 12.8 Å². The van der Waals surface area contributed by atoms with E-state index < -0.39 is 5.97 Å². The number of carboxylic acids is 1. The number of carboxylic acid groups (broad SMARTS) is 1. The number of aliphatic carboxylic acids is 1. The van der Waals surface area contributed by atoms with Crippen LogP contribution in [0.15, 0.2) is 18.2 Å². The van der Waals surface area contributed by atoms with Gasteiger partial charge in [-0.2, -0.15) is 0 Å². The van der Waals surface area contributed by atoms with Crippen LogP contribution in [-0.2, 0) is 11.2 Å². The first-order valence-corrected chi connectivity index (χ1v) is 5.73. The first-order chi connectivity index (χ1) is 7.65. The van der Waals surface area contributed by atoms with Crippen molar-refractivity contribution in [2.24, 2.45) is 0 Å². The molecule has 0 atom stereocenters. The molecule has 0 unspecified atom stereocenters. The molecule has 0 aliphatic rings. The molecule has 0 saturated heterocycles. The SMILES string of the molecule is O=C(O)CCCc1nc2ccc(F)cc2s1. The van der Waals surface area contributed by atoms with Gasteiger partial charge in [0.25, 0.3) is 0 Å². The van der Waals surface area contributed by atoms with Crippen molar-refractivity contribution in [2.45, 2.75) is 19.3 Å². The van der Waals surface area contributed by atoms with Crippen LogP contribution in [0.2, 0.25) is 0 Å². The van der Waals surface area contributed by atoms with Gasteiger partial charge in [0.1, 0.15) is 5.82 Å². The highest BCUT2D eigenvalue weighted by atomic mass is 32.1. The standard InChI is InChI=1S/C11H10FNO2S/c12-7-4-5-8-9(6-7)16-10(13-8)2-1-3-11(14)15/h4-6H,1-3H2,(H,14,15). The second-order valence-electron chi connectivity index (χ2n) is 3.47. The van der Waals surface area contributed by atoms with E-state index >= 15 is 0 Å². The van der Waals surface area contributed by atoms with Gasteiger partial charge in [0.2, 0.25) is 0 Å². The van der Waals surface area contributed by atoms with Gasteiger partial charge in [-0.1, -0.05) is 0 Å². The molecule has 2 rings (SSSR count). The molecule has 0 aliphatic carbocycles. The largest absolute Gasteiger partial charge is 0.481 e. The lowest BCUT2D eigenvalue weighted by molar-refractivity contribution is -0.137. The average molecular weight is 239 g/mol. The normalized spacial score (nSPS) is 10.8. The summed E-state index contributed by atoms with van der Waals surface area (Å²) in [5.74, 6) is -1.07. The summed E-state index contributed by atoms with van der Waals surface area (Å²) in [6.07, 6.45) is 1.34. The number of aryl methyl sites for hydroxylation is 1. The van der Waals surface area contributed by atoms with Crippen LogP contribution in [0.1, 0.15) is 17.8 Å². The summed E-state index contributed by atoms with van der Waals surface area (Å²) < 4.78 is 13.7. The van der Waals surface area contributed by atoms with Gasteiger partial charge >= 0.3 is 5.97 Å². The molecule has 16 heavy (non-hydrogen) atoms. The highest BCUT2D eigenvalue weighted by Gasteiger charge is 2.05. The van der Waals surface area contributed by atoms with Crippen molar-refractivity contribution in [1.82, 2.24) is 4.98 Å². The van der Waals surface area contributed by atoms with Crippen LogP contribution >= 0.6 is 11.3 Å². The van der Waals surface area contributed by atoms with Crippen LogP contribution in [-0.4, -0.2) is 16.1 Å². The number of hydrogen-bond donors (Lipinski definition) is 1. The lowest BCUT2D eigenvalue weighted by Gasteiger charge is -1.91. The predicted octanol–water partition coefficient (Wildman–Crippen LogP) is 2.84. The van der Waals surface area contributed by atoms with E-state index in [1.165, 1.54) is 23.5 Å². The third kappa shape index (κ3) is 2.55. The van der Waals surface area contributed by atoms with Gasteiger partial charge in [0.05, 0.1) is 15.2 Å². The fourth-order valence-corrected chi connectivity index (χ4v) is 2.48. The molecule has 0 spiro atoms. The molecule has 5 heteroatoms. The van der Waals surface area contributed by atoms with Crippen molar-refractivity contribution in [3.05, 3.63) is 29.0 Å². The maximum absolute atomic E-state index is 12.9. The third-order valence-corrected chi connectivity index (χ3v) is 3.25. The van der Waals surface area contributed by atoms with Crippen molar-refractivity contribution in [3.8, 4) is 0 Å². The Morgan fingerprint density at radius 3 is 3.06 bits per heavy atom. The monoisotopic (exact) mass is 239 g/mol. The van der Waals surface area contributed by atoms with Gasteiger partial charge in [-0.3, -0.25) is 4.79 Å². The maximum atomic E-state index is 12.9. The van der Waals surface area contributed by atoms with Crippen molar-refractivity contribution in [3.63, 3.8) is 0 Å². The van der Waals surface area contributed by atoms with Gasteiger partial charge in [-0.25, -0.2) is 9.37 Å². The third-order valence-electron chi connectivity index (χ3n) is 2.18. The topological polar surface area (TPSA) is 50.2 Å². The first-order valence-electron chi connectivity index (χ1n) is 4.92. The van der Waals surface area contributed by atoms with Crippen LogP contribution in [0.4, 0.5) is 4.39 Å². The molecule has 1 N–H and O–H groups in total. The molecule has 2 aromatic rings. The lowest BCUT2D eigenvalue weighted by atomic mass is 10.2. The second-order valence-corrected chi connectivity index (χ2v) is 4.58. The van der Waals surface area contributed by atoms with Crippen molar-refractivity contribution in [2.75, 3.05) is 0 Å². The molecule has 0 radical (unpaired) electrons. The molecule has 0 amide bonds.